The van der Waals surface area contributed by atoms with Crippen molar-refractivity contribution in [2.24, 2.45) is 17.6 Å². The Balaban J connectivity index is 1.73. The molecular formula is C14H20N2O2. The molecule has 0 aromatic carbocycles. The van der Waals surface area contributed by atoms with Gasteiger partial charge in [-0.05, 0) is 43.7 Å². The van der Waals surface area contributed by atoms with Gasteiger partial charge in [-0.1, -0.05) is 6.42 Å². The second-order valence-electron chi connectivity index (χ2n) is 5.64. The minimum Gasteiger partial charge on any atom is -0.456 e. The third-order valence-electron chi connectivity index (χ3n) is 4.39. The number of amides is 1. The fourth-order valence-electron chi connectivity index (χ4n) is 3.39. The van der Waals surface area contributed by atoms with Gasteiger partial charge in [0.1, 0.15) is 5.76 Å². The zero-order chi connectivity index (χ0) is 12.7. The van der Waals surface area contributed by atoms with Crippen molar-refractivity contribution in [2.45, 2.75) is 32.2 Å². The van der Waals surface area contributed by atoms with Crippen LogP contribution in [0.3, 0.4) is 0 Å². The number of carbonyl (C=O) groups is 1. The van der Waals surface area contributed by atoms with E-state index in [9.17, 15) is 4.79 Å². The number of fused-ring (bicyclic) bond motifs is 1. The van der Waals surface area contributed by atoms with Crippen molar-refractivity contribution in [3.63, 3.8) is 0 Å². The maximum absolute atomic E-state index is 12.3. The van der Waals surface area contributed by atoms with Gasteiger partial charge in [0.2, 0.25) is 0 Å². The van der Waals surface area contributed by atoms with Crippen LogP contribution in [-0.4, -0.2) is 29.9 Å². The monoisotopic (exact) mass is 248 g/mol. The van der Waals surface area contributed by atoms with E-state index in [-0.39, 0.29) is 11.9 Å². The highest BCUT2D eigenvalue weighted by Crippen LogP contribution is 2.36. The molecule has 3 rings (SSSR count). The van der Waals surface area contributed by atoms with Crippen molar-refractivity contribution in [3.8, 4) is 0 Å². The lowest BCUT2D eigenvalue weighted by molar-refractivity contribution is 0.0750. The largest absolute Gasteiger partial charge is 0.456 e. The van der Waals surface area contributed by atoms with Crippen LogP contribution in [0.4, 0.5) is 0 Å². The average Bonchev–Trinajstić information content (AvgIpc) is 2.95. The summed E-state index contributed by atoms with van der Waals surface area (Å²) in [6.07, 6.45) is 3.51. The predicted molar refractivity (Wildman–Crippen MR) is 68.2 cm³/mol. The maximum Gasteiger partial charge on any atom is 0.289 e. The molecule has 0 radical (unpaired) electrons. The summed E-state index contributed by atoms with van der Waals surface area (Å²) in [5.41, 5.74) is 6.16. The molecular weight excluding hydrogens is 228 g/mol. The topological polar surface area (TPSA) is 59.5 Å². The minimum absolute atomic E-state index is 0.0182. The number of rotatable bonds is 1. The molecule has 1 saturated carbocycles. The van der Waals surface area contributed by atoms with Gasteiger partial charge in [0, 0.05) is 19.1 Å². The highest BCUT2D eigenvalue weighted by atomic mass is 16.3. The number of carbonyl (C=O) groups excluding carboxylic acids is 1. The first-order chi connectivity index (χ1) is 8.65. The molecule has 0 spiro atoms. The van der Waals surface area contributed by atoms with Crippen molar-refractivity contribution >= 4 is 5.91 Å². The first-order valence-electron chi connectivity index (χ1n) is 6.76. The Morgan fingerprint density at radius 3 is 2.89 bits per heavy atom. The molecule has 2 fully saturated rings. The number of aryl methyl sites for hydroxylation is 1. The second kappa shape index (κ2) is 4.43. The van der Waals surface area contributed by atoms with Crippen LogP contribution in [0.25, 0.3) is 0 Å². The lowest BCUT2D eigenvalue weighted by Crippen LogP contribution is -2.38. The fraction of sp³-hybridized carbons (Fsp3) is 0.643. The number of likely N-dealkylation sites (tertiary alicyclic amines) is 1. The lowest BCUT2D eigenvalue weighted by Gasteiger charge is -2.29. The molecule has 2 heterocycles. The van der Waals surface area contributed by atoms with Gasteiger partial charge in [-0.15, -0.1) is 0 Å². The minimum atomic E-state index is 0.0182. The Morgan fingerprint density at radius 2 is 2.22 bits per heavy atom. The Hall–Kier alpha value is -1.29. The van der Waals surface area contributed by atoms with Crippen LogP contribution in [0.15, 0.2) is 16.5 Å². The Labute approximate surface area is 107 Å². The third kappa shape index (κ3) is 1.94. The van der Waals surface area contributed by atoms with Gasteiger partial charge in [-0.2, -0.15) is 0 Å². The molecule has 2 aliphatic rings. The SMILES string of the molecule is Cc1ccc(C(=O)N2CC3CCCC(N)C3C2)o1. The molecule has 3 unspecified atom stereocenters. The van der Waals surface area contributed by atoms with E-state index in [0.717, 1.165) is 25.3 Å². The fourth-order valence-corrected chi connectivity index (χ4v) is 3.39. The molecule has 1 aliphatic carbocycles. The summed E-state index contributed by atoms with van der Waals surface area (Å²) in [6.45, 7) is 3.50. The van der Waals surface area contributed by atoms with E-state index in [0.29, 0.717) is 17.6 Å². The van der Waals surface area contributed by atoms with Crippen LogP contribution in [0.5, 0.6) is 0 Å². The van der Waals surface area contributed by atoms with Crippen molar-refractivity contribution in [1.29, 1.82) is 0 Å². The van der Waals surface area contributed by atoms with E-state index in [1.54, 1.807) is 6.07 Å². The average molecular weight is 248 g/mol. The Morgan fingerprint density at radius 1 is 1.39 bits per heavy atom. The maximum atomic E-state index is 12.3. The summed E-state index contributed by atoms with van der Waals surface area (Å²) >= 11 is 0. The predicted octanol–water partition coefficient (Wildman–Crippen LogP) is 1.79. The summed E-state index contributed by atoms with van der Waals surface area (Å²) in [4.78, 5) is 14.2. The zero-order valence-electron chi connectivity index (χ0n) is 10.8. The third-order valence-corrected chi connectivity index (χ3v) is 4.39. The molecule has 4 nitrogen and oxygen atoms in total. The molecule has 1 amide bonds. The van der Waals surface area contributed by atoms with Crippen LogP contribution in [0.2, 0.25) is 0 Å². The number of hydrogen-bond donors (Lipinski definition) is 1. The van der Waals surface area contributed by atoms with Gasteiger partial charge < -0.3 is 15.1 Å². The van der Waals surface area contributed by atoms with Gasteiger partial charge >= 0.3 is 0 Å². The molecule has 1 aromatic heterocycles. The summed E-state index contributed by atoms with van der Waals surface area (Å²) in [6, 6.07) is 3.86. The Bertz CT molecular complexity index is 454. The first-order valence-corrected chi connectivity index (χ1v) is 6.76. The van der Waals surface area contributed by atoms with Gasteiger partial charge in [0.05, 0.1) is 0 Å². The molecule has 3 atom stereocenters. The smallest absolute Gasteiger partial charge is 0.289 e. The molecule has 1 aliphatic heterocycles. The highest BCUT2D eigenvalue weighted by molar-refractivity contribution is 5.91. The summed E-state index contributed by atoms with van der Waals surface area (Å²) in [5.74, 6) is 2.34. The van der Waals surface area contributed by atoms with Crippen LogP contribution in [0.1, 0.15) is 35.6 Å². The summed E-state index contributed by atoms with van der Waals surface area (Å²) < 4.78 is 5.42. The quantitative estimate of drug-likeness (QED) is 0.824. The molecule has 18 heavy (non-hydrogen) atoms. The molecule has 1 saturated heterocycles. The number of nitrogens with zero attached hydrogens (tertiary/aromatic N) is 1. The van der Waals surface area contributed by atoms with Gasteiger partial charge in [0.15, 0.2) is 5.76 Å². The lowest BCUT2D eigenvalue weighted by atomic mass is 9.78. The summed E-state index contributed by atoms with van der Waals surface area (Å²) in [7, 11) is 0. The van der Waals surface area contributed by atoms with E-state index >= 15 is 0 Å². The van der Waals surface area contributed by atoms with Crippen molar-refractivity contribution in [3.05, 3.63) is 23.7 Å². The van der Waals surface area contributed by atoms with E-state index in [1.165, 1.54) is 12.8 Å². The van der Waals surface area contributed by atoms with Crippen molar-refractivity contribution in [2.75, 3.05) is 13.1 Å². The van der Waals surface area contributed by atoms with E-state index in [4.69, 9.17) is 10.2 Å². The van der Waals surface area contributed by atoms with Gasteiger partial charge in [-0.25, -0.2) is 0 Å². The summed E-state index contributed by atoms with van der Waals surface area (Å²) in [5, 5.41) is 0. The molecule has 1 aromatic rings. The van der Waals surface area contributed by atoms with Crippen molar-refractivity contribution in [1.82, 2.24) is 4.90 Å². The number of hydrogen-bond acceptors (Lipinski definition) is 3. The Kier molecular flexibility index (Phi) is 2.90. The molecule has 4 heteroatoms. The van der Waals surface area contributed by atoms with Gasteiger partial charge in [-0.3, -0.25) is 4.79 Å². The molecule has 0 bridgehead atoms. The van der Waals surface area contributed by atoms with Crippen LogP contribution in [0, 0.1) is 18.8 Å². The van der Waals surface area contributed by atoms with Gasteiger partial charge in [0.25, 0.3) is 5.91 Å². The van der Waals surface area contributed by atoms with E-state index < -0.39 is 0 Å². The number of furan rings is 1. The highest BCUT2D eigenvalue weighted by Gasteiger charge is 2.40. The molecule has 2 N–H and O–H groups in total. The first kappa shape index (κ1) is 11.8. The second-order valence-corrected chi connectivity index (χ2v) is 5.64. The normalized spacial score (nSPS) is 31.4. The van der Waals surface area contributed by atoms with E-state index in [1.807, 2.05) is 17.9 Å². The van der Waals surface area contributed by atoms with E-state index in [2.05, 4.69) is 0 Å². The van der Waals surface area contributed by atoms with Crippen LogP contribution < -0.4 is 5.73 Å². The zero-order valence-corrected chi connectivity index (χ0v) is 10.8. The number of nitrogens with two attached hydrogens (primary N) is 1. The standard InChI is InChI=1S/C14H20N2O2/c1-9-5-6-13(18-9)14(17)16-7-10-3-2-4-12(15)11(10)8-16/h5-6,10-12H,2-4,7-8,15H2,1H3. The molecule has 98 valence electrons. The van der Waals surface area contributed by atoms with Crippen molar-refractivity contribution < 1.29 is 9.21 Å². The van der Waals surface area contributed by atoms with Crippen LogP contribution in [-0.2, 0) is 0 Å². The van der Waals surface area contributed by atoms with Crippen LogP contribution >= 0.6 is 0 Å².